The Bertz CT molecular complexity index is 921. The number of benzene rings is 3. The van der Waals surface area contributed by atoms with Gasteiger partial charge in [0, 0.05) is 29.4 Å². The summed E-state index contributed by atoms with van der Waals surface area (Å²) in [6.45, 7) is 4.14. The summed E-state index contributed by atoms with van der Waals surface area (Å²) in [7, 11) is 1.77. The SMILES string of the molecule is C=C(COc1ccccc1)C(O)N(C)c1ccc(C(=O)c2ccccc2)cc1. The van der Waals surface area contributed by atoms with Gasteiger partial charge < -0.3 is 14.7 Å². The lowest BCUT2D eigenvalue weighted by atomic mass is 10.0. The minimum absolute atomic E-state index is 0.0315. The standard InChI is InChI=1S/C24H23NO3/c1-18(17-28-22-11-7-4-8-12-22)24(27)25(2)21-15-13-20(14-16-21)23(26)19-9-5-3-6-10-19/h3-16,24,27H,1,17H2,2H3. The summed E-state index contributed by atoms with van der Waals surface area (Å²) >= 11 is 0. The lowest BCUT2D eigenvalue weighted by Crippen LogP contribution is -2.34. The van der Waals surface area contributed by atoms with Crippen LogP contribution in [0.5, 0.6) is 5.75 Å². The summed E-state index contributed by atoms with van der Waals surface area (Å²) < 4.78 is 5.64. The molecular formula is C24H23NO3. The number of likely N-dealkylation sites (N-methyl/N-ethyl adjacent to an activating group) is 1. The number of ketones is 1. The highest BCUT2D eigenvalue weighted by Gasteiger charge is 2.17. The minimum Gasteiger partial charge on any atom is -0.489 e. The van der Waals surface area contributed by atoms with E-state index < -0.39 is 6.23 Å². The van der Waals surface area contributed by atoms with Gasteiger partial charge in [0.1, 0.15) is 12.4 Å². The molecule has 3 aromatic carbocycles. The first-order chi connectivity index (χ1) is 13.6. The second kappa shape index (κ2) is 9.02. The van der Waals surface area contributed by atoms with Crippen LogP contribution in [0, 0.1) is 0 Å². The van der Waals surface area contributed by atoms with Gasteiger partial charge in [0.15, 0.2) is 12.0 Å². The molecule has 0 aliphatic rings. The molecule has 28 heavy (non-hydrogen) atoms. The van der Waals surface area contributed by atoms with E-state index in [9.17, 15) is 9.90 Å². The molecule has 0 spiro atoms. The Kier molecular flexibility index (Phi) is 6.25. The van der Waals surface area contributed by atoms with Gasteiger partial charge in [0.05, 0.1) is 0 Å². The van der Waals surface area contributed by atoms with E-state index in [4.69, 9.17) is 4.74 Å². The highest BCUT2D eigenvalue weighted by molar-refractivity contribution is 6.09. The van der Waals surface area contributed by atoms with Crippen LogP contribution in [0.2, 0.25) is 0 Å². The van der Waals surface area contributed by atoms with Crippen LogP contribution < -0.4 is 9.64 Å². The Morgan fingerprint density at radius 1 is 0.929 bits per heavy atom. The van der Waals surface area contributed by atoms with Gasteiger partial charge >= 0.3 is 0 Å². The molecule has 142 valence electrons. The molecule has 4 heteroatoms. The van der Waals surface area contributed by atoms with E-state index in [1.54, 1.807) is 36.2 Å². The maximum atomic E-state index is 12.5. The van der Waals surface area contributed by atoms with Gasteiger partial charge in [-0.3, -0.25) is 4.79 Å². The number of hydrogen-bond donors (Lipinski definition) is 1. The molecule has 0 bridgehead atoms. The first-order valence-electron chi connectivity index (χ1n) is 9.02. The van der Waals surface area contributed by atoms with E-state index in [1.165, 1.54) is 0 Å². The maximum Gasteiger partial charge on any atom is 0.193 e. The van der Waals surface area contributed by atoms with Crippen LogP contribution in [0.3, 0.4) is 0 Å². The van der Waals surface area contributed by atoms with Crippen LogP contribution in [0.1, 0.15) is 15.9 Å². The van der Waals surface area contributed by atoms with Crippen molar-refractivity contribution < 1.29 is 14.6 Å². The van der Waals surface area contributed by atoms with E-state index in [-0.39, 0.29) is 12.4 Å². The van der Waals surface area contributed by atoms with Gasteiger partial charge in [0.2, 0.25) is 0 Å². The van der Waals surface area contributed by atoms with Crippen molar-refractivity contribution in [1.29, 1.82) is 0 Å². The third-order valence-electron chi connectivity index (χ3n) is 4.47. The van der Waals surface area contributed by atoms with Crippen molar-refractivity contribution in [2.45, 2.75) is 6.23 Å². The lowest BCUT2D eigenvalue weighted by molar-refractivity contribution is 0.103. The van der Waals surface area contributed by atoms with E-state index in [2.05, 4.69) is 6.58 Å². The van der Waals surface area contributed by atoms with Crippen LogP contribution in [0.25, 0.3) is 0 Å². The molecule has 0 aliphatic carbocycles. The van der Waals surface area contributed by atoms with E-state index in [0.717, 1.165) is 11.4 Å². The Morgan fingerprint density at radius 2 is 1.46 bits per heavy atom. The zero-order valence-electron chi connectivity index (χ0n) is 15.8. The van der Waals surface area contributed by atoms with Crippen LogP contribution in [-0.4, -0.2) is 30.8 Å². The molecule has 4 nitrogen and oxygen atoms in total. The molecule has 0 aromatic heterocycles. The number of hydrogen-bond acceptors (Lipinski definition) is 4. The van der Waals surface area contributed by atoms with Crippen LogP contribution >= 0.6 is 0 Å². The first kappa shape index (κ1) is 19.4. The summed E-state index contributed by atoms with van der Waals surface area (Å²) in [5, 5.41) is 10.6. The third-order valence-corrected chi connectivity index (χ3v) is 4.47. The number of ether oxygens (including phenoxy) is 1. The van der Waals surface area contributed by atoms with Crippen molar-refractivity contribution in [3.63, 3.8) is 0 Å². The molecule has 0 radical (unpaired) electrons. The average Bonchev–Trinajstić information content (AvgIpc) is 2.77. The van der Waals surface area contributed by atoms with E-state index in [0.29, 0.717) is 16.7 Å². The Morgan fingerprint density at radius 3 is 2.07 bits per heavy atom. The van der Waals surface area contributed by atoms with Crippen LogP contribution in [-0.2, 0) is 0 Å². The van der Waals surface area contributed by atoms with Crippen molar-refractivity contribution in [1.82, 2.24) is 0 Å². The molecule has 3 aromatic rings. The monoisotopic (exact) mass is 373 g/mol. The predicted molar refractivity (Wildman–Crippen MR) is 112 cm³/mol. The highest BCUT2D eigenvalue weighted by Crippen LogP contribution is 2.20. The number of rotatable bonds is 8. The van der Waals surface area contributed by atoms with Crippen molar-refractivity contribution >= 4 is 11.5 Å². The predicted octanol–water partition coefficient (Wildman–Crippen LogP) is 4.31. The van der Waals surface area contributed by atoms with Gasteiger partial charge in [-0.05, 0) is 36.4 Å². The fourth-order valence-corrected chi connectivity index (χ4v) is 2.79. The Balaban J connectivity index is 1.62. The van der Waals surface area contributed by atoms with Crippen molar-refractivity contribution in [2.75, 3.05) is 18.6 Å². The summed E-state index contributed by atoms with van der Waals surface area (Å²) in [6, 6.07) is 25.7. The third kappa shape index (κ3) is 4.67. The van der Waals surface area contributed by atoms with E-state index >= 15 is 0 Å². The summed E-state index contributed by atoms with van der Waals surface area (Å²) in [6.07, 6.45) is -0.903. The Labute approximate surface area is 165 Å². The lowest BCUT2D eigenvalue weighted by Gasteiger charge is -2.27. The molecule has 0 saturated carbocycles. The molecule has 0 heterocycles. The van der Waals surface area contributed by atoms with Gasteiger partial charge in [0.25, 0.3) is 0 Å². The van der Waals surface area contributed by atoms with Crippen LogP contribution in [0.4, 0.5) is 5.69 Å². The number of aliphatic hydroxyl groups excluding tert-OH is 1. The molecule has 1 unspecified atom stereocenters. The van der Waals surface area contributed by atoms with Gasteiger partial charge in [-0.25, -0.2) is 0 Å². The normalized spacial score (nSPS) is 11.5. The average molecular weight is 373 g/mol. The molecule has 0 fully saturated rings. The summed E-state index contributed by atoms with van der Waals surface area (Å²) in [5.41, 5.74) is 2.56. The Hall–Kier alpha value is -3.37. The molecule has 0 amide bonds. The maximum absolute atomic E-state index is 12.5. The molecule has 0 aliphatic heterocycles. The number of para-hydroxylation sites is 1. The second-order valence-electron chi connectivity index (χ2n) is 6.49. The first-order valence-corrected chi connectivity index (χ1v) is 9.02. The number of anilines is 1. The highest BCUT2D eigenvalue weighted by atomic mass is 16.5. The smallest absolute Gasteiger partial charge is 0.193 e. The van der Waals surface area contributed by atoms with Crippen molar-refractivity contribution in [3.8, 4) is 5.75 Å². The van der Waals surface area contributed by atoms with Crippen LogP contribution in [0.15, 0.2) is 97.1 Å². The molecule has 1 atom stereocenters. The molecule has 1 N–H and O–H groups in total. The fraction of sp³-hybridized carbons (Fsp3) is 0.125. The fourth-order valence-electron chi connectivity index (χ4n) is 2.79. The minimum atomic E-state index is -0.903. The summed E-state index contributed by atoms with van der Waals surface area (Å²) in [4.78, 5) is 14.2. The van der Waals surface area contributed by atoms with Gasteiger partial charge in [-0.15, -0.1) is 0 Å². The van der Waals surface area contributed by atoms with Gasteiger partial charge in [-0.2, -0.15) is 0 Å². The summed E-state index contributed by atoms with van der Waals surface area (Å²) in [5.74, 6) is 0.693. The molecule has 3 rings (SSSR count). The van der Waals surface area contributed by atoms with E-state index in [1.807, 2.05) is 60.7 Å². The zero-order valence-corrected chi connectivity index (χ0v) is 15.8. The largest absolute Gasteiger partial charge is 0.489 e. The van der Waals surface area contributed by atoms with Crippen molar-refractivity contribution in [2.24, 2.45) is 0 Å². The number of aliphatic hydroxyl groups is 1. The topological polar surface area (TPSA) is 49.8 Å². The number of nitrogens with zero attached hydrogens (tertiary/aromatic N) is 1. The van der Waals surface area contributed by atoms with Crippen molar-refractivity contribution in [3.05, 3.63) is 108 Å². The number of carbonyl (C=O) groups excluding carboxylic acids is 1. The second-order valence-corrected chi connectivity index (χ2v) is 6.49. The molecular weight excluding hydrogens is 350 g/mol. The number of carbonyl (C=O) groups is 1. The molecule has 0 saturated heterocycles. The quantitative estimate of drug-likeness (QED) is 0.363. The van der Waals surface area contributed by atoms with Gasteiger partial charge in [-0.1, -0.05) is 55.1 Å². The zero-order chi connectivity index (χ0) is 19.9.